The van der Waals surface area contributed by atoms with Crippen LogP contribution in [-0.2, 0) is 0 Å². The first kappa shape index (κ1) is 16.7. The Hall–Kier alpha value is -1.68. The molecule has 4 heteroatoms. The van der Waals surface area contributed by atoms with Gasteiger partial charge in [-0.1, -0.05) is 38.8 Å². The summed E-state index contributed by atoms with van der Waals surface area (Å²) in [5, 5.41) is 2.02. The largest absolute Gasteiger partial charge is 0.339 e. The summed E-state index contributed by atoms with van der Waals surface area (Å²) in [4.78, 5) is 19.0. The number of carbonyl (C=O) groups excluding carboxylic acids is 1. The summed E-state index contributed by atoms with van der Waals surface area (Å²) in [5.41, 5.74) is 4.63. The first-order chi connectivity index (χ1) is 10.8. The predicted octanol–water partition coefficient (Wildman–Crippen LogP) is 4.85. The van der Waals surface area contributed by atoms with E-state index in [1.807, 2.05) is 40.1 Å². The van der Waals surface area contributed by atoms with Crippen molar-refractivity contribution in [2.75, 3.05) is 13.1 Å². The molecule has 0 bridgehead atoms. The SMILES string of the molecule is CCCCN(CCCC)C(=O)c1ccc(-c2cscn2)cc1. The van der Waals surface area contributed by atoms with Crippen molar-refractivity contribution in [3.8, 4) is 11.3 Å². The molecule has 0 atom stereocenters. The van der Waals surface area contributed by atoms with Gasteiger partial charge in [-0.3, -0.25) is 4.79 Å². The highest BCUT2D eigenvalue weighted by atomic mass is 32.1. The molecule has 0 aliphatic carbocycles. The molecule has 3 nitrogen and oxygen atoms in total. The number of amides is 1. The summed E-state index contributed by atoms with van der Waals surface area (Å²) in [6.45, 7) is 6.02. The first-order valence-electron chi connectivity index (χ1n) is 8.04. The Bertz CT molecular complexity index is 555. The minimum atomic E-state index is 0.145. The molecular weight excluding hydrogens is 292 g/mol. The second-order valence-corrected chi connectivity index (χ2v) is 6.17. The van der Waals surface area contributed by atoms with Crippen LogP contribution in [0.5, 0.6) is 0 Å². The quantitative estimate of drug-likeness (QED) is 0.697. The molecule has 118 valence electrons. The monoisotopic (exact) mass is 316 g/mol. The van der Waals surface area contributed by atoms with Crippen LogP contribution in [0.4, 0.5) is 0 Å². The van der Waals surface area contributed by atoms with E-state index in [0.29, 0.717) is 0 Å². The van der Waals surface area contributed by atoms with Gasteiger partial charge in [0.2, 0.25) is 0 Å². The Labute approximate surface area is 137 Å². The topological polar surface area (TPSA) is 33.2 Å². The zero-order chi connectivity index (χ0) is 15.8. The summed E-state index contributed by atoms with van der Waals surface area (Å²) in [6, 6.07) is 7.81. The van der Waals surface area contributed by atoms with Crippen molar-refractivity contribution in [3.63, 3.8) is 0 Å². The van der Waals surface area contributed by atoms with Crippen molar-refractivity contribution in [1.82, 2.24) is 9.88 Å². The van der Waals surface area contributed by atoms with Crippen LogP contribution in [0, 0.1) is 0 Å². The molecule has 0 saturated carbocycles. The van der Waals surface area contributed by atoms with Gasteiger partial charge >= 0.3 is 0 Å². The molecule has 1 aromatic heterocycles. The van der Waals surface area contributed by atoms with Gasteiger partial charge in [-0.05, 0) is 25.0 Å². The lowest BCUT2D eigenvalue weighted by Gasteiger charge is -2.22. The van der Waals surface area contributed by atoms with Gasteiger partial charge in [0.15, 0.2) is 0 Å². The van der Waals surface area contributed by atoms with Crippen molar-refractivity contribution in [2.45, 2.75) is 39.5 Å². The average Bonchev–Trinajstić information content (AvgIpc) is 3.09. The predicted molar refractivity (Wildman–Crippen MR) is 93.3 cm³/mol. The van der Waals surface area contributed by atoms with Crippen LogP contribution in [-0.4, -0.2) is 28.9 Å². The Morgan fingerprint density at radius 1 is 1.09 bits per heavy atom. The van der Waals surface area contributed by atoms with Crippen molar-refractivity contribution < 1.29 is 4.79 Å². The van der Waals surface area contributed by atoms with E-state index in [2.05, 4.69) is 18.8 Å². The number of hydrogen-bond donors (Lipinski definition) is 0. The number of nitrogens with zero attached hydrogens (tertiary/aromatic N) is 2. The van der Waals surface area contributed by atoms with Crippen LogP contribution < -0.4 is 0 Å². The lowest BCUT2D eigenvalue weighted by molar-refractivity contribution is 0.0751. The molecule has 0 spiro atoms. The third kappa shape index (κ3) is 4.41. The van der Waals surface area contributed by atoms with Gasteiger partial charge in [-0.25, -0.2) is 4.98 Å². The van der Waals surface area contributed by atoms with E-state index in [0.717, 1.165) is 55.6 Å². The van der Waals surface area contributed by atoms with Crippen LogP contribution >= 0.6 is 11.3 Å². The second kappa shape index (κ2) is 8.69. The Morgan fingerprint density at radius 3 is 2.23 bits per heavy atom. The molecule has 0 saturated heterocycles. The van der Waals surface area contributed by atoms with Crippen LogP contribution in [0.15, 0.2) is 35.2 Å². The van der Waals surface area contributed by atoms with E-state index in [-0.39, 0.29) is 5.91 Å². The number of unbranched alkanes of at least 4 members (excludes halogenated alkanes) is 2. The van der Waals surface area contributed by atoms with E-state index in [4.69, 9.17) is 0 Å². The Balaban J connectivity index is 2.08. The second-order valence-electron chi connectivity index (χ2n) is 5.45. The fourth-order valence-corrected chi connectivity index (χ4v) is 2.90. The normalized spacial score (nSPS) is 10.6. The molecule has 1 heterocycles. The van der Waals surface area contributed by atoms with Crippen molar-refractivity contribution >= 4 is 17.2 Å². The zero-order valence-electron chi connectivity index (χ0n) is 13.4. The van der Waals surface area contributed by atoms with Crippen molar-refractivity contribution in [1.29, 1.82) is 0 Å². The summed E-state index contributed by atoms with van der Waals surface area (Å²) in [7, 11) is 0. The first-order valence-corrected chi connectivity index (χ1v) is 8.98. The maximum atomic E-state index is 12.7. The average molecular weight is 316 g/mol. The zero-order valence-corrected chi connectivity index (χ0v) is 14.2. The van der Waals surface area contributed by atoms with Crippen molar-refractivity contribution in [3.05, 3.63) is 40.7 Å². The fraction of sp³-hybridized carbons (Fsp3) is 0.444. The molecule has 0 unspecified atom stereocenters. The minimum Gasteiger partial charge on any atom is -0.339 e. The summed E-state index contributed by atoms with van der Waals surface area (Å²) >= 11 is 1.58. The number of rotatable bonds is 8. The number of thiazole rings is 1. The lowest BCUT2D eigenvalue weighted by atomic mass is 10.1. The third-order valence-corrected chi connectivity index (χ3v) is 4.30. The van der Waals surface area contributed by atoms with Gasteiger partial charge in [-0.15, -0.1) is 11.3 Å². The van der Waals surface area contributed by atoms with Gasteiger partial charge in [0.1, 0.15) is 0 Å². The molecule has 1 aromatic carbocycles. The number of carbonyl (C=O) groups is 1. The van der Waals surface area contributed by atoms with Crippen LogP contribution in [0.25, 0.3) is 11.3 Å². The molecule has 2 aromatic rings. The van der Waals surface area contributed by atoms with Gasteiger partial charge in [0.25, 0.3) is 5.91 Å². The minimum absolute atomic E-state index is 0.145. The third-order valence-electron chi connectivity index (χ3n) is 3.71. The Morgan fingerprint density at radius 2 is 1.73 bits per heavy atom. The highest BCUT2D eigenvalue weighted by Gasteiger charge is 2.15. The lowest BCUT2D eigenvalue weighted by Crippen LogP contribution is -2.32. The molecule has 0 radical (unpaired) electrons. The molecule has 0 fully saturated rings. The Kier molecular flexibility index (Phi) is 6.59. The van der Waals surface area contributed by atoms with Crippen LogP contribution in [0.1, 0.15) is 49.9 Å². The number of aromatic nitrogens is 1. The van der Waals surface area contributed by atoms with E-state index < -0.39 is 0 Å². The molecular formula is C18H24N2OS. The number of benzene rings is 1. The van der Waals surface area contributed by atoms with Crippen molar-refractivity contribution in [2.24, 2.45) is 0 Å². The maximum absolute atomic E-state index is 12.7. The van der Waals surface area contributed by atoms with E-state index in [1.165, 1.54) is 0 Å². The van der Waals surface area contributed by atoms with E-state index in [1.54, 1.807) is 11.3 Å². The standard InChI is InChI=1S/C18H24N2OS/c1-3-5-11-20(12-6-4-2)18(21)16-9-7-15(8-10-16)17-13-22-14-19-17/h7-10,13-14H,3-6,11-12H2,1-2H3. The van der Waals surface area contributed by atoms with Crippen LogP contribution in [0.3, 0.4) is 0 Å². The molecule has 0 N–H and O–H groups in total. The van der Waals surface area contributed by atoms with Crippen LogP contribution in [0.2, 0.25) is 0 Å². The molecule has 0 aliphatic rings. The summed E-state index contributed by atoms with van der Waals surface area (Å²) in [5.74, 6) is 0.145. The smallest absolute Gasteiger partial charge is 0.253 e. The highest BCUT2D eigenvalue weighted by molar-refractivity contribution is 7.07. The van der Waals surface area contributed by atoms with E-state index in [9.17, 15) is 4.79 Å². The summed E-state index contributed by atoms with van der Waals surface area (Å²) < 4.78 is 0. The maximum Gasteiger partial charge on any atom is 0.253 e. The molecule has 0 aliphatic heterocycles. The fourth-order valence-electron chi connectivity index (χ4n) is 2.33. The molecule has 2 rings (SSSR count). The molecule has 22 heavy (non-hydrogen) atoms. The summed E-state index contributed by atoms with van der Waals surface area (Å²) in [6.07, 6.45) is 4.34. The van der Waals surface area contributed by atoms with Gasteiger partial charge < -0.3 is 4.90 Å². The van der Waals surface area contributed by atoms with E-state index >= 15 is 0 Å². The van der Waals surface area contributed by atoms with Gasteiger partial charge in [0, 0.05) is 29.6 Å². The van der Waals surface area contributed by atoms with Gasteiger partial charge in [0.05, 0.1) is 11.2 Å². The highest BCUT2D eigenvalue weighted by Crippen LogP contribution is 2.20. The van der Waals surface area contributed by atoms with Gasteiger partial charge in [-0.2, -0.15) is 0 Å². The number of hydrogen-bond acceptors (Lipinski definition) is 3. The molecule has 1 amide bonds.